The van der Waals surface area contributed by atoms with Gasteiger partial charge >= 0.3 is 6.18 Å². The predicted octanol–water partition coefficient (Wildman–Crippen LogP) is 2.65. The van der Waals surface area contributed by atoms with Crippen LogP contribution in [0.25, 0.3) is 0 Å². The Morgan fingerprint density at radius 3 is 2.79 bits per heavy atom. The number of halogens is 3. The summed E-state index contributed by atoms with van der Waals surface area (Å²) in [5.41, 5.74) is -0.311. The van der Waals surface area contributed by atoms with Crippen molar-refractivity contribution in [2.45, 2.75) is 44.9 Å². The van der Waals surface area contributed by atoms with Crippen LogP contribution in [0.1, 0.15) is 37.3 Å². The third-order valence-corrected chi connectivity index (χ3v) is 5.41. The van der Waals surface area contributed by atoms with Crippen LogP contribution in [0.3, 0.4) is 0 Å². The fourth-order valence-corrected chi connectivity index (χ4v) is 4.01. The number of likely N-dealkylation sites (tertiary alicyclic amines) is 1. The zero-order valence-corrected chi connectivity index (χ0v) is 16.0. The zero-order valence-electron chi connectivity index (χ0n) is 16.0. The van der Waals surface area contributed by atoms with Crippen LogP contribution in [0.5, 0.6) is 0 Å². The van der Waals surface area contributed by atoms with Crippen molar-refractivity contribution in [3.05, 3.63) is 35.4 Å². The van der Waals surface area contributed by atoms with Crippen LogP contribution in [-0.4, -0.2) is 53.8 Å². The molecule has 0 aromatic heterocycles. The number of hydrogen-bond donors (Lipinski definition) is 1. The van der Waals surface area contributed by atoms with Crippen LogP contribution >= 0.6 is 0 Å². The number of carbonyl (C=O) groups excluding carboxylic acids is 2. The van der Waals surface area contributed by atoms with Gasteiger partial charge in [0, 0.05) is 38.6 Å². The van der Waals surface area contributed by atoms with E-state index in [9.17, 15) is 22.8 Å². The van der Waals surface area contributed by atoms with Gasteiger partial charge in [-0.05, 0) is 37.1 Å². The van der Waals surface area contributed by atoms with E-state index in [1.807, 2.05) is 11.8 Å². The molecular formula is C20H26F3N3O2. The molecular weight excluding hydrogens is 371 g/mol. The molecule has 28 heavy (non-hydrogen) atoms. The molecule has 0 aliphatic carbocycles. The SMILES string of the molecule is CCCN(C(=O)C1CC(=O)N(Cc2cccc(C(F)(F)F)c2)C1)C1CCNC1. The second-order valence-electron chi connectivity index (χ2n) is 7.55. The van der Waals surface area contributed by atoms with E-state index in [4.69, 9.17) is 0 Å². The van der Waals surface area contributed by atoms with Gasteiger partial charge in [-0.3, -0.25) is 9.59 Å². The van der Waals surface area contributed by atoms with Gasteiger partial charge in [0.1, 0.15) is 0 Å². The van der Waals surface area contributed by atoms with Crippen molar-refractivity contribution in [1.82, 2.24) is 15.1 Å². The first-order valence-corrected chi connectivity index (χ1v) is 9.74. The summed E-state index contributed by atoms with van der Waals surface area (Å²) >= 11 is 0. The van der Waals surface area contributed by atoms with Gasteiger partial charge in [0.2, 0.25) is 11.8 Å². The van der Waals surface area contributed by atoms with Crippen molar-refractivity contribution in [2.24, 2.45) is 5.92 Å². The molecule has 8 heteroatoms. The summed E-state index contributed by atoms with van der Waals surface area (Å²) < 4.78 is 38.7. The number of nitrogens with one attached hydrogen (secondary N) is 1. The Morgan fingerprint density at radius 2 is 2.14 bits per heavy atom. The summed E-state index contributed by atoms with van der Waals surface area (Å²) in [4.78, 5) is 28.8. The van der Waals surface area contributed by atoms with Crippen LogP contribution in [0.15, 0.2) is 24.3 Å². The van der Waals surface area contributed by atoms with Gasteiger partial charge in [-0.1, -0.05) is 19.1 Å². The van der Waals surface area contributed by atoms with E-state index in [1.54, 1.807) is 6.07 Å². The molecule has 0 radical (unpaired) electrons. The minimum atomic E-state index is -4.42. The Bertz CT molecular complexity index is 717. The highest BCUT2D eigenvalue weighted by Gasteiger charge is 2.39. The van der Waals surface area contributed by atoms with E-state index < -0.39 is 17.7 Å². The van der Waals surface area contributed by atoms with E-state index in [2.05, 4.69) is 5.32 Å². The number of benzene rings is 1. The predicted molar refractivity (Wildman–Crippen MR) is 98.2 cm³/mol. The van der Waals surface area contributed by atoms with Gasteiger partial charge in [-0.15, -0.1) is 0 Å². The van der Waals surface area contributed by atoms with Crippen molar-refractivity contribution in [3.8, 4) is 0 Å². The van der Waals surface area contributed by atoms with E-state index in [0.29, 0.717) is 12.1 Å². The first-order valence-electron chi connectivity index (χ1n) is 9.74. The molecule has 2 atom stereocenters. The quantitative estimate of drug-likeness (QED) is 0.803. The number of carbonyl (C=O) groups is 2. The molecule has 1 N–H and O–H groups in total. The molecule has 2 unspecified atom stereocenters. The molecule has 2 saturated heterocycles. The standard InChI is InChI=1S/C20H26F3N3O2/c1-2-8-26(17-6-7-24-11-17)19(28)15-10-18(27)25(13-15)12-14-4-3-5-16(9-14)20(21,22)23/h3-5,9,15,17,24H,2,6-8,10-13H2,1H3. The normalized spacial score (nSPS) is 22.7. The van der Waals surface area contributed by atoms with Crippen LogP contribution < -0.4 is 5.32 Å². The van der Waals surface area contributed by atoms with E-state index in [0.717, 1.165) is 38.1 Å². The van der Waals surface area contributed by atoms with Crippen LogP contribution in [0, 0.1) is 5.92 Å². The molecule has 1 aromatic carbocycles. The summed E-state index contributed by atoms with van der Waals surface area (Å²) in [6.45, 7) is 4.66. The number of alkyl halides is 3. The summed E-state index contributed by atoms with van der Waals surface area (Å²) in [6.07, 6.45) is -2.55. The molecule has 154 valence electrons. The summed E-state index contributed by atoms with van der Waals surface area (Å²) in [7, 11) is 0. The molecule has 2 heterocycles. The monoisotopic (exact) mass is 397 g/mol. The number of amides is 2. The summed E-state index contributed by atoms with van der Waals surface area (Å²) in [6, 6.07) is 5.15. The van der Waals surface area contributed by atoms with Gasteiger partial charge in [-0.2, -0.15) is 13.2 Å². The summed E-state index contributed by atoms with van der Waals surface area (Å²) in [5.74, 6) is -0.627. The van der Waals surface area contributed by atoms with Gasteiger partial charge in [0.25, 0.3) is 0 Å². The van der Waals surface area contributed by atoms with Gasteiger partial charge in [-0.25, -0.2) is 0 Å². The van der Waals surface area contributed by atoms with Crippen LogP contribution in [-0.2, 0) is 22.3 Å². The van der Waals surface area contributed by atoms with Crippen LogP contribution in [0.2, 0.25) is 0 Å². The minimum absolute atomic E-state index is 0.0181. The van der Waals surface area contributed by atoms with Gasteiger partial charge in [0.15, 0.2) is 0 Å². The number of rotatable bonds is 6. The molecule has 1 aromatic rings. The maximum Gasteiger partial charge on any atom is 0.416 e. The highest BCUT2D eigenvalue weighted by Crippen LogP contribution is 2.30. The largest absolute Gasteiger partial charge is 0.416 e. The molecule has 3 rings (SSSR count). The lowest BCUT2D eigenvalue weighted by atomic mass is 10.0. The maximum atomic E-state index is 13.0. The fourth-order valence-electron chi connectivity index (χ4n) is 4.01. The topological polar surface area (TPSA) is 52.7 Å². The second kappa shape index (κ2) is 8.51. The van der Waals surface area contributed by atoms with Gasteiger partial charge in [0.05, 0.1) is 11.5 Å². The molecule has 0 saturated carbocycles. The van der Waals surface area contributed by atoms with Crippen molar-refractivity contribution < 1.29 is 22.8 Å². The molecule has 0 spiro atoms. The molecule has 0 bridgehead atoms. The highest BCUT2D eigenvalue weighted by atomic mass is 19.4. The van der Waals surface area contributed by atoms with E-state index in [-0.39, 0.29) is 37.4 Å². The fraction of sp³-hybridized carbons (Fsp3) is 0.600. The number of nitrogens with zero attached hydrogens (tertiary/aromatic N) is 2. The average molecular weight is 397 g/mol. The Hall–Kier alpha value is -2.09. The van der Waals surface area contributed by atoms with Crippen LogP contribution in [0.4, 0.5) is 13.2 Å². The Kier molecular flexibility index (Phi) is 6.27. The lowest BCUT2D eigenvalue weighted by molar-refractivity contribution is -0.138. The van der Waals surface area contributed by atoms with E-state index in [1.165, 1.54) is 11.0 Å². The smallest absolute Gasteiger partial charge is 0.338 e. The third-order valence-electron chi connectivity index (χ3n) is 5.41. The van der Waals surface area contributed by atoms with E-state index >= 15 is 0 Å². The highest BCUT2D eigenvalue weighted by molar-refractivity contribution is 5.89. The Labute approximate surface area is 162 Å². The lowest BCUT2D eigenvalue weighted by Crippen LogP contribution is -2.45. The number of hydrogen-bond acceptors (Lipinski definition) is 3. The molecule has 2 aliphatic heterocycles. The van der Waals surface area contributed by atoms with Crippen molar-refractivity contribution in [2.75, 3.05) is 26.2 Å². The Morgan fingerprint density at radius 1 is 1.36 bits per heavy atom. The molecule has 2 amide bonds. The molecule has 2 aliphatic rings. The maximum absolute atomic E-state index is 13.0. The zero-order chi connectivity index (χ0) is 20.3. The first kappa shape index (κ1) is 20.6. The lowest BCUT2D eigenvalue weighted by Gasteiger charge is -2.30. The molecule has 5 nitrogen and oxygen atoms in total. The average Bonchev–Trinajstić information content (AvgIpc) is 3.29. The Balaban J connectivity index is 1.66. The van der Waals surface area contributed by atoms with Crippen molar-refractivity contribution in [1.29, 1.82) is 0 Å². The second-order valence-corrected chi connectivity index (χ2v) is 7.55. The molecule has 2 fully saturated rings. The van der Waals surface area contributed by atoms with Gasteiger partial charge < -0.3 is 15.1 Å². The summed E-state index contributed by atoms with van der Waals surface area (Å²) in [5, 5.41) is 3.26. The first-order chi connectivity index (χ1) is 13.3. The minimum Gasteiger partial charge on any atom is -0.338 e. The van der Waals surface area contributed by atoms with Crippen molar-refractivity contribution in [3.63, 3.8) is 0 Å². The van der Waals surface area contributed by atoms with Crippen molar-refractivity contribution >= 4 is 11.8 Å². The third kappa shape index (κ3) is 4.66.